The van der Waals surface area contributed by atoms with E-state index in [0.29, 0.717) is 6.04 Å². The summed E-state index contributed by atoms with van der Waals surface area (Å²) in [6.45, 7) is 2.96. The minimum absolute atomic E-state index is 0.518. The molecule has 2 aromatic rings. The Balaban J connectivity index is 1.68. The first-order valence-corrected chi connectivity index (χ1v) is 8.76. The summed E-state index contributed by atoms with van der Waals surface area (Å²) in [4.78, 5) is 6.04. The minimum atomic E-state index is 0.518. The Bertz CT molecular complexity index is 498. The van der Waals surface area contributed by atoms with E-state index in [4.69, 9.17) is 0 Å². The summed E-state index contributed by atoms with van der Waals surface area (Å²) in [7, 11) is 0. The van der Waals surface area contributed by atoms with E-state index in [9.17, 15) is 0 Å². The van der Waals surface area contributed by atoms with Crippen LogP contribution in [0.2, 0.25) is 0 Å². The number of nitrogens with zero attached hydrogens (tertiary/aromatic N) is 1. The fourth-order valence-corrected chi connectivity index (χ4v) is 4.47. The highest BCUT2D eigenvalue weighted by atomic mass is 32.1. The summed E-state index contributed by atoms with van der Waals surface area (Å²) in [5.41, 5.74) is 1.18. The molecule has 3 rings (SSSR count). The lowest BCUT2D eigenvalue weighted by molar-refractivity contribution is 0.369. The molecule has 0 amide bonds. The average molecular weight is 292 g/mol. The highest BCUT2D eigenvalue weighted by Crippen LogP contribution is 2.37. The topological polar surface area (TPSA) is 24.9 Å². The van der Waals surface area contributed by atoms with Crippen molar-refractivity contribution in [2.75, 3.05) is 0 Å². The average Bonchev–Trinajstić information content (AvgIpc) is 3.11. The molecule has 0 aliphatic heterocycles. The molecule has 1 fully saturated rings. The molecule has 0 radical (unpaired) electrons. The van der Waals surface area contributed by atoms with Crippen LogP contribution in [0.5, 0.6) is 0 Å². The van der Waals surface area contributed by atoms with Crippen molar-refractivity contribution < 1.29 is 0 Å². The van der Waals surface area contributed by atoms with Crippen LogP contribution in [0.3, 0.4) is 0 Å². The van der Waals surface area contributed by atoms with Gasteiger partial charge in [-0.1, -0.05) is 18.9 Å². The monoisotopic (exact) mass is 292 g/mol. The van der Waals surface area contributed by atoms with Crippen molar-refractivity contribution in [3.8, 4) is 0 Å². The Morgan fingerprint density at radius 2 is 2.21 bits per heavy atom. The number of thiophene rings is 1. The maximum absolute atomic E-state index is 4.55. The number of thiazole rings is 1. The molecule has 2 nitrogen and oxygen atoms in total. The van der Waals surface area contributed by atoms with E-state index in [2.05, 4.69) is 40.1 Å². The van der Waals surface area contributed by atoms with Crippen molar-refractivity contribution in [3.63, 3.8) is 0 Å². The highest BCUT2D eigenvalue weighted by Gasteiger charge is 2.26. The molecule has 2 aromatic heterocycles. The van der Waals surface area contributed by atoms with Crippen LogP contribution in [0.4, 0.5) is 0 Å². The van der Waals surface area contributed by atoms with E-state index in [1.807, 2.05) is 11.3 Å². The molecule has 0 spiro atoms. The predicted octanol–water partition coefficient (Wildman–Crippen LogP) is 4.53. The van der Waals surface area contributed by atoms with Gasteiger partial charge in [0.05, 0.1) is 10.7 Å². The summed E-state index contributed by atoms with van der Waals surface area (Å²) in [5.74, 6) is 0.804. The van der Waals surface area contributed by atoms with Crippen LogP contribution in [0.25, 0.3) is 0 Å². The number of aryl methyl sites for hydroxylation is 1. The van der Waals surface area contributed by atoms with Crippen LogP contribution in [0, 0.1) is 12.8 Å². The van der Waals surface area contributed by atoms with Crippen LogP contribution in [0.15, 0.2) is 22.9 Å². The van der Waals surface area contributed by atoms with Crippen LogP contribution in [-0.2, 0) is 6.54 Å². The first-order valence-electron chi connectivity index (χ1n) is 7.01. The summed E-state index contributed by atoms with van der Waals surface area (Å²) >= 11 is 3.62. The SMILES string of the molecule is Cc1nc(CNC(c2cccs2)C2CCCC2)cs1. The third-order valence-electron chi connectivity index (χ3n) is 3.89. The molecule has 4 heteroatoms. The zero-order valence-corrected chi connectivity index (χ0v) is 12.9. The van der Waals surface area contributed by atoms with Gasteiger partial charge >= 0.3 is 0 Å². The molecule has 19 heavy (non-hydrogen) atoms. The van der Waals surface area contributed by atoms with E-state index in [1.54, 1.807) is 11.3 Å². The second-order valence-corrected chi connectivity index (χ2v) is 7.32. The Labute approximate surface area is 122 Å². The summed E-state index contributed by atoms with van der Waals surface area (Å²) in [6.07, 6.45) is 5.52. The summed E-state index contributed by atoms with van der Waals surface area (Å²) in [6, 6.07) is 4.95. The third-order valence-corrected chi connectivity index (χ3v) is 5.67. The zero-order valence-electron chi connectivity index (χ0n) is 11.3. The quantitative estimate of drug-likeness (QED) is 0.875. The van der Waals surface area contributed by atoms with Crippen molar-refractivity contribution >= 4 is 22.7 Å². The molecule has 1 atom stereocenters. The smallest absolute Gasteiger partial charge is 0.0897 e. The van der Waals surface area contributed by atoms with Gasteiger partial charge in [-0.05, 0) is 37.1 Å². The summed E-state index contributed by atoms with van der Waals surface area (Å²) < 4.78 is 0. The third kappa shape index (κ3) is 3.25. The van der Waals surface area contributed by atoms with Gasteiger partial charge in [-0.15, -0.1) is 22.7 Å². The molecular formula is C15H20N2S2. The Kier molecular flexibility index (Phi) is 4.31. The maximum atomic E-state index is 4.55. The molecule has 2 heterocycles. The summed E-state index contributed by atoms with van der Waals surface area (Å²) in [5, 5.41) is 9.26. The second-order valence-electron chi connectivity index (χ2n) is 5.28. The number of aromatic nitrogens is 1. The molecule has 1 unspecified atom stereocenters. The first kappa shape index (κ1) is 13.3. The first-order chi connectivity index (χ1) is 9.33. The number of hydrogen-bond acceptors (Lipinski definition) is 4. The molecule has 0 bridgehead atoms. The van der Waals surface area contributed by atoms with Gasteiger partial charge in [0.15, 0.2) is 0 Å². The molecule has 1 saturated carbocycles. The van der Waals surface area contributed by atoms with Gasteiger partial charge < -0.3 is 5.32 Å². The zero-order chi connectivity index (χ0) is 13.1. The number of nitrogens with one attached hydrogen (secondary N) is 1. The van der Waals surface area contributed by atoms with Gasteiger partial charge in [0.2, 0.25) is 0 Å². The van der Waals surface area contributed by atoms with Crippen LogP contribution < -0.4 is 5.32 Å². The second kappa shape index (κ2) is 6.16. The lowest BCUT2D eigenvalue weighted by Crippen LogP contribution is -2.26. The van der Waals surface area contributed by atoms with E-state index < -0.39 is 0 Å². The van der Waals surface area contributed by atoms with E-state index >= 15 is 0 Å². The van der Waals surface area contributed by atoms with Gasteiger partial charge in [-0.2, -0.15) is 0 Å². The largest absolute Gasteiger partial charge is 0.303 e. The molecule has 102 valence electrons. The Hall–Kier alpha value is -0.710. The molecule has 1 N–H and O–H groups in total. The van der Waals surface area contributed by atoms with Gasteiger partial charge in [0.1, 0.15) is 0 Å². The molecule has 0 aromatic carbocycles. The van der Waals surface area contributed by atoms with Gasteiger partial charge in [0.25, 0.3) is 0 Å². The maximum Gasteiger partial charge on any atom is 0.0897 e. The van der Waals surface area contributed by atoms with Crippen LogP contribution in [-0.4, -0.2) is 4.98 Å². The normalized spacial score (nSPS) is 17.9. The molecule has 0 saturated heterocycles. The van der Waals surface area contributed by atoms with Gasteiger partial charge in [0, 0.05) is 22.8 Å². The van der Waals surface area contributed by atoms with Crippen LogP contribution in [0.1, 0.15) is 47.3 Å². The van der Waals surface area contributed by atoms with E-state index in [0.717, 1.165) is 17.5 Å². The van der Waals surface area contributed by atoms with Gasteiger partial charge in [-0.3, -0.25) is 0 Å². The lowest BCUT2D eigenvalue weighted by atomic mass is 9.96. The fourth-order valence-electron chi connectivity index (χ4n) is 2.96. The van der Waals surface area contributed by atoms with Crippen LogP contribution >= 0.6 is 22.7 Å². The van der Waals surface area contributed by atoms with Crippen molar-refractivity contribution in [3.05, 3.63) is 38.5 Å². The van der Waals surface area contributed by atoms with Crippen molar-refractivity contribution in [1.82, 2.24) is 10.3 Å². The van der Waals surface area contributed by atoms with Crippen molar-refractivity contribution in [2.24, 2.45) is 5.92 Å². The van der Waals surface area contributed by atoms with Crippen molar-refractivity contribution in [2.45, 2.75) is 45.2 Å². The molecule has 1 aliphatic rings. The number of rotatable bonds is 5. The highest BCUT2D eigenvalue weighted by molar-refractivity contribution is 7.10. The molecular weight excluding hydrogens is 272 g/mol. The van der Waals surface area contributed by atoms with Gasteiger partial charge in [-0.25, -0.2) is 4.98 Å². The number of hydrogen-bond donors (Lipinski definition) is 1. The van der Waals surface area contributed by atoms with E-state index in [-0.39, 0.29) is 0 Å². The standard InChI is InChI=1S/C15H20N2S2/c1-11-17-13(10-19-11)9-16-15(12-5-2-3-6-12)14-7-4-8-18-14/h4,7-8,10,12,15-16H,2-3,5-6,9H2,1H3. The Morgan fingerprint density at radius 3 is 2.84 bits per heavy atom. The molecule has 1 aliphatic carbocycles. The Morgan fingerprint density at radius 1 is 1.37 bits per heavy atom. The fraction of sp³-hybridized carbons (Fsp3) is 0.533. The van der Waals surface area contributed by atoms with E-state index in [1.165, 1.54) is 36.3 Å². The van der Waals surface area contributed by atoms with Crippen molar-refractivity contribution in [1.29, 1.82) is 0 Å². The predicted molar refractivity (Wildman–Crippen MR) is 82.7 cm³/mol. The lowest BCUT2D eigenvalue weighted by Gasteiger charge is -2.23. The minimum Gasteiger partial charge on any atom is -0.303 e.